The fraction of sp³-hybridized carbons (Fsp3) is 0.0465. The SMILES string of the molecule is Cc1cc(C(=O)Nc2ccc(S(=O)(=O)[O-])cc2)ccc1NC(=O)c1cccc(NC(=O)Nc2cccc(C(=O)Nc3ccc(C(=O)Nc4ccc(S(=O)(=O)[O-])cc4)cc3C)c2)c1.[Na+].[Na+]. The number of aryl methyl sites for hydroxylation is 2. The van der Waals surface area contributed by atoms with Crippen LogP contribution in [0, 0.1) is 13.8 Å². The molecule has 0 aliphatic rings. The van der Waals surface area contributed by atoms with Gasteiger partial charge in [0.1, 0.15) is 20.2 Å². The number of benzene rings is 6. The van der Waals surface area contributed by atoms with Crippen LogP contribution in [0.1, 0.15) is 52.6 Å². The van der Waals surface area contributed by atoms with Gasteiger partial charge < -0.3 is 41.0 Å². The van der Waals surface area contributed by atoms with E-state index in [1.807, 2.05) is 0 Å². The molecule has 0 saturated heterocycles. The third-order valence-corrected chi connectivity index (χ3v) is 10.7. The van der Waals surface area contributed by atoms with E-state index in [-0.39, 0.29) is 104 Å². The zero-order chi connectivity index (χ0) is 44.8. The summed E-state index contributed by atoms with van der Waals surface area (Å²) in [6.45, 7) is 3.37. The van der Waals surface area contributed by atoms with Gasteiger partial charge in [-0.25, -0.2) is 21.6 Å². The Morgan fingerprint density at radius 3 is 1.05 bits per heavy atom. The van der Waals surface area contributed by atoms with Crippen LogP contribution in [-0.2, 0) is 20.2 Å². The van der Waals surface area contributed by atoms with Crippen LogP contribution in [-0.4, -0.2) is 55.6 Å². The van der Waals surface area contributed by atoms with E-state index < -0.39 is 59.7 Å². The van der Waals surface area contributed by atoms with Crippen molar-refractivity contribution in [3.8, 4) is 0 Å². The number of carbonyl (C=O) groups excluding carboxylic acids is 5. The number of hydrogen-bond donors (Lipinski definition) is 6. The first-order valence-electron chi connectivity index (χ1n) is 18.2. The molecule has 0 atom stereocenters. The van der Waals surface area contributed by atoms with Gasteiger partial charge in [0, 0.05) is 56.4 Å². The van der Waals surface area contributed by atoms with E-state index in [1.54, 1.807) is 74.5 Å². The van der Waals surface area contributed by atoms with Crippen LogP contribution in [0.3, 0.4) is 0 Å². The van der Waals surface area contributed by atoms with E-state index in [4.69, 9.17) is 0 Å². The van der Waals surface area contributed by atoms with Crippen molar-refractivity contribution in [2.45, 2.75) is 23.6 Å². The molecule has 64 heavy (non-hydrogen) atoms. The molecule has 0 heterocycles. The second-order valence-electron chi connectivity index (χ2n) is 13.6. The Morgan fingerprint density at radius 2 is 0.719 bits per heavy atom. The summed E-state index contributed by atoms with van der Waals surface area (Å²) in [4.78, 5) is 64.1. The van der Waals surface area contributed by atoms with Crippen LogP contribution in [0.15, 0.2) is 143 Å². The molecule has 0 fully saturated rings. The molecule has 316 valence electrons. The molecular weight excluding hydrogens is 887 g/mol. The van der Waals surface area contributed by atoms with Crippen molar-refractivity contribution >= 4 is 84.0 Å². The van der Waals surface area contributed by atoms with E-state index in [0.717, 1.165) is 24.3 Å². The Kier molecular flexibility index (Phi) is 17.3. The van der Waals surface area contributed by atoms with Crippen molar-refractivity contribution in [1.82, 2.24) is 0 Å². The first-order chi connectivity index (χ1) is 29.3. The van der Waals surface area contributed by atoms with Crippen LogP contribution in [0.25, 0.3) is 0 Å². The van der Waals surface area contributed by atoms with Gasteiger partial charge in [-0.1, -0.05) is 12.1 Å². The Labute approximate surface area is 411 Å². The second-order valence-corrected chi connectivity index (χ2v) is 16.3. The summed E-state index contributed by atoms with van der Waals surface area (Å²) >= 11 is 0. The van der Waals surface area contributed by atoms with Crippen LogP contribution in [0.5, 0.6) is 0 Å². The molecule has 6 aromatic carbocycles. The molecule has 6 rings (SSSR count). The molecule has 0 spiro atoms. The summed E-state index contributed by atoms with van der Waals surface area (Å²) < 4.78 is 67.0. The number of rotatable bonds is 12. The van der Waals surface area contributed by atoms with E-state index in [1.165, 1.54) is 48.5 Å². The minimum atomic E-state index is -4.63. The van der Waals surface area contributed by atoms with Crippen molar-refractivity contribution in [3.05, 3.63) is 167 Å². The first-order valence-corrected chi connectivity index (χ1v) is 21.0. The largest absolute Gasteiger partial charge is 1.00 e. The molecule has 6 aromatic rings. The second kappa shape index (κ2) is 21.8. The third-order valence-electron chi connectivity index (χ3n) is 9.04. The number of carbonyl (C=O) groups is 5. The van der Waals surface area contributed by atoms with E-state index in [2.05, 4.69) is 31.9 Å². The van der Waals surface area contributed by atoms with Crippen molar-refractivity contribution in [2.75, 3.05) is 31.9 Å². The van der Waals surface area contributed by atoms with Gasteiger partial charge in [-0.05, 0) is 146 Å². The van der Waals surface area contributed by atoms with Crippen molar-refractivity contribution in [1.29, 1.82) is 0 Å². The monoisotopic (exact) mass is 920 g/mol. The van der Waals surface area contributed by atoms with Gasteiger partial charge in [0.2, 0.25) is 0 Å². The van der Waals surface area contributed by atoms with Crippen molar-refractivity contribution in [3.63, 3.8) is 0 Å². The van der Waals surface area contributed by atoms with Crippen molar-refractivity contribution < 1.29 is 109 Å². The fourth-order valence-electron chi connectivity index (χ4n) is 5.87. The van der Waals surface area contributed by atoms with Gasteiger partial charge in [0.25, 0.3) is 23.6 Å². The van der Waals surface area contributed by atoms with Gasteiger partial charge in [-0.2, -0.15) is 0 Å². The fourth-order valence-corrected chi connectivity index (χ4v) is 6.80. The Bertz CT molecular complexity index is 2790. The summed E-state index contributed by atoms with van der Waals surface area (Å²) in [7, 11) is -9.26. The quantitative estimate of drug-likeness (QED) is 0.0737. The molecule has 0 saturated carbocycles. The average molecular weight is 921 g/mol. The normalized spacial score (nSPS) is 10.8. The molecule has 0 radical (unpaired) electrons. The maximum absolute atomic E-state index is 13.2. The van der Waals surface area contributed by atoms with Gasteiger partial charge in [0.15, 0.2) is 0 Å². The summed E-state index contributed by atoms with van der Waals surface area (Å²) in [5.74, 6) is -2.02. The minimum absolute atomic E-state index is 0. The van der Waals surface area contributed by atoms with Crippen LogP contribution in [0.4, 0.5) is 38.9 Å². The number of urea groups is 1. The molecule has 6 amide bonds. The molecule has 17 nitrogen and oxygen atoms in total. The third kappa shape index (κ3) is 13.6. The maximum Gasteiger partial charge on any atom is 1.00 e. The number of nitrogens with one attached hydrogen (secondary N) is 6. The van der Waals surface area contributed by atoms with Gasteiger partial charge >= 0.3 is 65.1 Å². The number of amides is 6. The predicted octanol–water partition coefficient (Wildman–Crippen LogP) is 0.773. The van der Waals surface area contributed by atoms with Crippen molar-refractivity contribution in [2.24, 2.45) is 0 Å². The van der Waals surface area contributed by atoms with Gasteiger partial charge in [-0.3, -0.25) is 19.2 Å². The smallest absolute Gasteiger partial charge is 0.744 e. The van der Waals surface area contributed by atoms with E-state index in [0.29, 0.717) is 22.5 Å². The molecule has 0 unspecified atom stereocenters. The van der Waals surface area contributed by atoms with Gasteiger partial charge in [0.05, 0.1) is 9.79 Å². The molecule has 0 aromatic heterocycles. The molecule has 6 N–H and O–H groups in total. The Balaban J connectivity index is 0.00000449. The summed E-state index contributed by atoms with van der Waals surface area (Å²) in [5, 5.41) is 16.1. The van der Waals surface area contributed by atoms with Crippen LogP contribution in [0.2, 0.25) is 0 Å². The van der Waals surface area contributed by atoms with Crippen LogP contribution < -0.4 is 91.0 Å². The molecule has 0 bridgehead atoms. The summed E-state index contributed by atoms with van der Waals surface area (Å²) in [6.07, 6.45) is 0. The maximum atomic E-state index is 13.2. The van der Waals surface area contributed by atoms with E-state index >= 15 is 0 Å². The molecule has 0 aliphatic carbocycles. The minimum Gasteiger partial charge on any atom is -0.744 e. The van der Waals surface area contributed by atoms with Gasteiger partial charge in [-0.15, -0.1) is 0 Å². The molecule has 0 aliphatic heterocycles. The van der Waals surface area contributed by atoms with E-state index in [9.17, 15) is 49.9 Å². The van der Waals surface area contributed by atoms with Crippen LogP contribution >= 0.6 is 0 Å². The topological polar surface area (TPSA) is 272 Å². The Hall–Kier alpha value is -5.71. The summed E-state index contributed by atoms with van der Waals surface area (Å²) in [5.41, 5.74) is 3.98. The standard InChI is InChI=1S/C43H36N6O11S2.2Na/c1-25-21-29(39(50)44-31-11-15-35(16-12-31)61(55,56)57)9-19-37(25)48-41(52)27-5-3-7-33(23-27)46-43(54)47-34-8-4-6-28(24-34)42(53)49-38-20-10-30(22-26(38)2)40(51)45-32-13-17-36(18-14-32)62(58,59)60;;/h3-24H,1-2H3,(H,44,50)(H,45,51)(H,48,52)(H,49,53)(H2,46,47,54)(H,55,56,57)(H,58,59,60);;/q;2*+1/p-2. The zero-order valence-electron chi connectivity index (χ0n) is 34.5. The number of hydrogen-bond acceptors (Lipinski definition) is 11. The first kappa shape index (κ1) is 50.9. The molecular formula is C43H34N6Na2O11S2. The Morgan fingerprint density at radius 1 is 0.391 bits per heavy atom. The average Bonchev–Trinajstić information content (AvgIpc) is 3.22. The molecule has 21 heteroatoms. The zero-order valence-corrected chi connectivity index (χ0v) is 40.1. The number of anilines is 6. The summed E-state index contributed by atoms with van der Waals surface area (Å²) in [6, 6.07) is 30.3. The predicted molar refractivity (Wildman–Crippen MR) is 229 cm³/mol.